The van der Waals surface area contributed by atoms with Crippen LogP contribution in [0.5, 0.6) is 17.2 Å². The van der Waals surface area contributed by atoms with E-state index < -0.39 is 17.8 Å². The molecular formula is C21H24BrNO8S. The fraction of sp³-hybridized carbons (Fsp3) is 0.381. The topological polar surface area (TPSA) is 109 Å². The maximum Gasteiger partial charge on any atom is 0.348 e. The van der Waals surface area contributed by atoms with Gasteiger partial charge in [0.25, 0.3) is 5.91 Å². The maximum absolute atomic E-state index is 13.2. The third kappa shape index (κ3) is 4.99. The zero-order chi connectivity index (χ0) is 24.0. The van der Waals surface area contributed by atoms with Gasteiger partial charge in [-0.15, -0.1) is 11.3 Å². The Bertz CT molecular complexity index is 1030. The standard InChI is InChI=1S/C21H24BrNO8S/c1-7-30-20(25)13-10(3)17(21(26)31-8-2)32-19(13)23-18(24)11-9-12(27-4)15(28-5)16(29-6)14(11)22/h9H,7-8H2,1-6H3,(H,23,24). The molecular weight excluding hydrogens is 506 g/mol. The summed E-state index contributed by atoms with van der Waals surface area (Å²) < 4.78 is 26.5. The molecule has 1 heterocycles. The first-order valence-electron chi connectivity index (χ1n) is 9.52. The van der Waals surface area contributed by atoms with Crippen LogP contribution in [0.1, 0.15) is 49.8 Å². The minimum atomic E-state index is -0.656. The van der Waals surface area contributed by atoms with E-state index in [9.17, 15) is 14.4 Å². The molecule has 0 fully saturated rings. The number of hydrogen-bond donors (Lipinski definition) is 1. The average molecular weight is 530 g/mol. The van der Waals surface area contributed by atoms with E-state index in [1.54, 1.807) is 20.8 Å². The fourth-order valence-corrected chi connectivity index (χ4v) is 4.62. The number of carbonyl (C=O) groups excluding carboxylic acids is 3. The highest BCUT2D eigenvalue weighted by molar-refractivity contribution is 9.10. The Morgan fingerprint density at radius 3 is 2.09 bits per heavy atom. The van der Waals surface area contributed by atoms with Gasteiger partial charge in [-0.25, -0.2) is 9.59 Å². The monoisotopic (exact) mass is 529 g/mol. The highest BCUT2D eigenvalue weighted by atomic mass is 79.9. The number of hydrogen-bond acceptors (Lipinski definition) is 9. The summed E-state index contributed by atoms with van der Waals surface area (Å²) in [7, 11) is 4.31. The molecule has 32 heavy (non-hydrogen) atoms. The number of anilines is 1. The van der Waals surface area contributed by atoms with Crippen molar-refractivity contribution < 1.29 is 38.1 Å². The minimum absolute atomic E-state index is 0.0943. The Labute approximate surface area is 198 Å². The van der Waals surface area contributed by atoms with Crippen molar-refractivity contribution in [1.82, 2.24) is 0 Å². The van der Waals surface area contributed by atoms with Crippen LogP contribution in [0.3, 0.4) is 0 Å². The average Bonchev–Trinajstić information content (AvgIpc) is 3.09. The second-order valence-electron chi connectivity index (χ2n) is 6.16. The van der Waals surface area contributed by atoms with Crippen LogP contribution in [0.4, 0.5) is 5.00 Å². The first kappa shape index (κ1) is 25.5. The van der Waals surface area contributed by atoms with Gasteiger partial charge < -0.3 is 29.0 Å². The Balaban J connectivity index is 2.57. The van der Waals surface area contributed by atoms with Gasteiger partial charge in [0.05, 0.1) is 50.1 Å². The molecule has 0 radical (unpaired) electrons. The molecule has 0 bridgehead atoms. The quantitative estimate of drug-likeness (QED) is 0.474. The predicted molar refractivity (Wildman–Crippen MR) is 123 cm³/mol. The molecule has 0 spiro atoms. The zero-order valence-electron chi connectivity index (χ0n) is 18.5. The zero-order valence-corrected chi connectivity index (χ0v) is 20.9. The summed E-state index contributed by atoms with van der Waals surface area (Å²) in [5.74, 6) is -0.971. The van der Waals surface area contributed by atoms with E-state index in [0.717, 1.165) is 11.3 Å². The molecule has 0 unspecified atom stereocenters. The van der Waals surface area contributed by atoms with Gasteiger partial charge in [0.15, 0.2) is 11.5 Å². The van der Waals surface area contributed by atoms with E-state index in [2.05, 4.69) is 21.2 Å². The number of methoxy groups -OCH3 is 3. The molecule has 2 rings (SSSR count). The van der Waals surface area contributed by atoms with E-state index in [1.807, 2.05) is 0 Å². The first-order chi connectivity index (χ1) is 15.2. The van der Waals surface area contributed by atoms with Gasteiger partial charge in [-0.3, -0.25) is 4.79 Å². The second-order valence-corrected chi connectivity index (χ2v) is 7.98. The maximum atomic E-state index is 13.2. The SMILES string of the molecule is CCOC(=O)c1sc(NC(=O)c2cc(OC)c(OC)c(OC)c2Br)c(C(=O)OCC)c1C. The number of carbonyl (C=O) groups is 3. The number of thiophene rings is 1. The highest BCUT2D eigenvalue weighted by Crippen LogP contribution is 2.45. The van der Waals surface area contributed by atoms with Crippen LogP contribution in [-0.4, -0.2) is 52.4 Å². The number of halogens is 1. The minimum Gasteiger partial charge on any atom is -0.493 e. The summed E-state index contributed by atoms with van der Waals surface area (Å²) >= 11 is 4.30. The van der Waals surface area contributed by atoms with Crippen molar-refractivity contribution in [1.29, 1.82) is 0 Å². The number of benzene rings is 1. The highest BCUT2D eigenvalue weighted by Gasteiger charge is 2.29. The van der Waals surface area contributed by atoms with Crippen LogP contribution < -0.4 is 19.5 Å². The summed E-state index contributed by atoms with van der Waals surface area (Å²) in [4.78, 5) is 38.3. The van der Waals surface area contributed by atoms with Crippen LogP contribution in [0.2, 0.25) is 0 Å². The van der Waals surface area contributed by atoms with Crippen molar-refractivity contribution in [3.63, 3.8) is 0 Å². The number of amides is 1. The van der Waals surface area contributed by atoms with Crippen LogP contribution >= 0.6 is 27.3 Å². The largest absolute Gasteiger partial charge is 0.493 e. The van der Waals surface area contributed by atoms with Gasteiger partial charge >= 0.3 is 11.9 Å². The van der Waals surface area contributed by atoms with Gasteiger partial charge in [0.1, 0.15) is 9.88 Å². The summed E-state index contributed by atoms with van der Waals surface area (Å²) in [6.45, 7) is 5.24. The predicted octanol–water partition coefficient (Wildman–Crippen LogP) is 4.45. The molecule has 0 saturated heterocycles. The Morgan fingerprint density at radius 1 is 0.969 bits per heavy atom. The molecule has 9 nitrogen and oxygen atoms in total. The van der Waals surface area contributed by atoms with Crippen molar-refractivity contribution in [3.8, 4) is 17.2 Å². The van der Waals surface area contributed by atoms with E-state index in [0.29, 0.717) is 15.8 Å². The molecule has 0 aliphatic rings. The van der Waals surface area contributed by atoms with Crippen molar-refractivity contribution >= 4 is 50.1 Å². The molecule has 2 aromatic rings. The van der Waals surface area contributed by atoms with Crippen LogP contribution in [0.25, 0.3) is 0 Å². The molecule has 0 aliphatic carbocycles. The molecule has 11 heteroatoms. The lowest BCUT2D eigenvalue weighted by molar-refractivity contribution is 0.0527. The Kier molecular flexibility index (Phi) is 8.90. The Morgan fingerprint density at radius 2 is 1.56 bits per heavy atom. The number of nitrogens with one attached hydrogen (secondary N) is 1. The summed E-state index contributed by atoms with van der Waals surface area (Å²) in [6.07, 6.45) is 0. The molecule has 0 aliphatic heterocycles. The normalized spacial score (nSPS) is 10.3. The summed E-state index contributed by atoms with van der Waals surface area (Å²) in [5, 5.41) is 2.86. The van der Waals surface area contributed by atoms with Gasteiger partial charge in [0, 0.05) is 0 Å². The van der Waals surface area contributed by atoms with Crippen molar-refractivity contribution in [2.45, 2.75) is 20.8 Å². The van der Waals surface area contributed by atoms with Crippen LogP contribution in [0, 0.1) is 6.92 Å². The Hall–Kier alpha value is -2.79. The van der Waals surface area contributed by atoms with Crippen LogP contribution in [-0.2, 0) is 9.47 Å². The molecule has 0 saturated carbocycles. The molecule has 1 N–H and O–H groups in total. The van der Waals surface area contributed by atoms with Gasteiger partial charge in [0.2, 0.25) is 5.75 Å². The fourth-order valence-electron chi connectivity index (χ4n) is 2.90. The molecule has 0 atom stereocenters. The van der Waals surface area contributed by atoms with E-state index in [1.165, 1.54) is 27.4 Å². The van der Waals surface area contributed by atoms with Crippen molar-refractivity contribution in [2.24, 2.45) is 0 Å². The lowest BCUT2D eigenvalue weighted by Crippen LogP contribution is -2.16. The summed E-state index contributed by atoms with van der Waals surface area (Å²) in [5.41, 5.74) is 0.626. The van der Waals surface area contributed by atoms with E-state index >= 15 is 0 Å². The molecule has 1 aromatic heterocycles. The summed E-state index contributed by atoms with van der Waals surface area (Å²) in [6, 6.07) is 1.47. The first-order valence-corrected chi connectivity index (χ1v) is 11.1. The van der Waals surface area contributed by atoms with E-state index in [-0.39, 0.29) is 45.7 Å². The van der Waals surface area contributed by atoms with E-state index in [4.69, 9.17) is 23.7 Å². The third-order valence-electron chi connectivity index (χ3n) is 4.33. The lowest BCUT2D eigenvalue weighted by Gasteiger charge is -2.16. The number of esters is 2. The van der Waals surface area contributed by atoms with Crippen molar-refractivity contribution in [2.75, 3.05) is 39.9 Å². The van der Waals surface area contributed by atoms with Gasteiger partial charge in [-0.1, -0.05) is 0 Å². The molecule has 1 amide bonds. The molecule has 174 valence electrons. The lowest BCUT2D eigenvalue weighted by atomic mass is 10.1. The second kappa shape index (κ2) is 11.2. The van der Waals surface area contributed by atoms with Gasteiger partial charge in [-0.05, 0) is 48.3 Å². The van der Waals surface area contributed by atoms with Gasteiger partial charge in [-0.2, -0.15) is 0 Å². The molecule has 1 aromatic carbocycles. The number of ether oxygens (including phenoxy) is 5. The number of rotatable bonds is 9. The van der Waals surface area contributed by atoms with Crippen LogP contribution in [0.15, 0.2) is 10.5 Å². The third-order valence-corrected chi connectivity index (χ3v) is 6.30. The van der Waals surface area contributed by atoms with Crippen molar-refractivity contribution in [3.05, 3.63) is 32.1 Å². The smallest absolute Gasteiger partial charge is 0.348 e.